The number of benzene rings is 2. The number of carboxylic acids is 1. The maximum atomic E-state index is 14.2. The fraction of sp³-hybridized carbons (Fsp3) is 0.207. The molecule has 0 radical (unpaired) electrons. The van der Waals surface area contributed by atoms with Gasteiger partial charge in [-0.1, -0.05) is 24.4 Å². The molecule has 0 spiro atoms. The second-order valence-electron chi connectivity index (χ2n) is 10.7. The number of β-lactam (4-membered cyclic amide) rings is 1. The second kappa shape index (κ2) is 12.3. The maximum Gasteiger partial charge on any atom is 0.353 e. The quantitative estimate of drug-likeness (QED) is 0.0767. The van der Waals surface area contributed by atoms with E-state index in [-0.39, 0.29) is 33.7 Å². The van der Waals surface area contributed by atoms with Gasteiger partial charge >= 0.3 is 5.97 Å². The summed E-state index contributed by atoms with van der Waals surface area (Å²) in [5.41, 5.74) is -3.87. The fourth-order valence-electron chi connectivity index (χ4n) is 5.41. The third-order valence-corrected chi connectivity index (χ3v) is 9.70. The lowest BCUT2D eigenvalue weighted by Gasteiger charge is -2.55. The summed E-state index contributed by atoms with van der Waals surface area (Å²) in [6.07, 6.45) is 0.818. The summed E-state index contributed by atoms with van der Waals surface area (Å²) in [6, 6.07) is 5.49. The number of aromatic hydroxyl groups is 3. The Labute approximate surface area is 282 Å². The number of aliphatic carboxylic acids is 1. The Morgan fingerprint density at radius 2 is 1.84 bits per heavy atom. The first-order valence-corrected chi connectivity index (χ1v) is 15.3. The molecule has 6 N–H and O–H groups in total. The number of hydrogen-bond donors (Lipinski definition) is 6. The third kappa shape index (κ3) is 5.30. The second-order valence-corrected chi connectivity index (χ2v) is 12.1. The average molecular weight is 710 g/mol. The van der Waals surface area contributed by atoms with Crippen molar-refractivity contribution < 1.29 is 48.8 Å². The van der Waals surface area contributed by atoms with Gasteiger partial charge in [0.1, 0.15) is 45.6 Å². The Hall–Kier alpha value is -5.86. The minimum atomic E-state index is -1.72. The summed E-state index contributed by atoms with van der Waals surface area (Å²) in [5.74, 6) is -5.77. The zero-order valence-electron chi connectivity index (χ0n) is 25.1. The third-order valence-electron chi connectivity index (χ3n) is 7.91. The Morgan fingerprint density at radius 1 is 1.14 bits per heavy atom. The Morgan fingerprint density at radius 3 is 2.45 bits per heavy atom. The smallest absolute Gasteiger partial charge is 0.353 e. The molecule has 4 atom stereocenters. The number of methoxy groups -OCH3 is 1. The first kappa shape index (κ1) is 33.1. The summed E-state index contributed by atoms with van der Waals surface area (Å²) in [7, 11) is 2.64. The van der Waals surface area contributed by atoms with Gasteiger partial charge in [-0.15, -0.1) is 16.9 Å². The Bertz CT molecular complexity index is 2170. The number of nitrogens with zero attached hydrogens (tertiary/aromatic N) is 5. The van der Waals surface area contributed by atoms with Crippen LogP contribution in [0.3, 0.4) is 0 Å². The molecule has 2 unspecified atom stereocenters. The topological polar surface area (TPSA) is 260 Å². The number of carboxylic acid groups (broad SMARTS) is 1. The fourth-order valence-corrected chi connectivity index (χ4v) is 7.40. The van der Waals surface area contributed by atoms with E-state index < -0.39 is 74.3 Å². The van der Waals surface area contributed by atoms with E-state index in [9.17, 15) is 44.4 Å². The summed E-state index contributed by atoms with van der Waals surface area (Å²) in [6.45, 7) is 0. The highest BCUT2D eigenvalue weighted by molar-refractivity contribution is 8.01. The molecule has 2 aromatic heterocycles. The minimum Gasteiger partial charge on any atom is -0.508 e. The largest absolute Gasteiger partial charge is 0.508 e. The molecule has 3 amide bonds. The molecule has 49 heavy (non-hydrogen) atoms. The van der Waals surface area contributed by atoms with Crippen molar-refractivity contribution in [3.8, 4) is 17.2 Å². The minimum absolute atomic E-state index is 0.105. The number of phenolic OH excluding ortho intramolecular Hbond substituents is 3. The van der Waals surface area contributed by atoms with E-state index in [0.29, 0.717) is 0 Å². The molecule has 2 aromatic carbocycles. The van der Waals surface area contributed by atoms with Gasteiger partial charge in [-0.3, -0.25) is 24.1 Å². The number of fused-ring (bicyclic) bond motifs is 2. The molecule has 0 aliphatic carbocycles. The van der Waals surface area contributed by atoms with Crippen LogP contribution in [-0.4, -0.2) is 98.1 Å². The van der Waals surface area contributed by atoms with Gasteiger partial charge in [0.05, 0.1) is 11.0 Å². The van der Waals surface area contributed by atoms with E-state index in [2.05, 4.69) is 26.2 Å². The van der Waals surface area contributed by atoms with E-state index in [1.807, 2.05) is 0 Å². The van der Waals surface area contributed by atoms with Crippen LogP contribution in [0.15, 0.2) is 57.6 Å². The number of hydrogen-bond acceptors (Lipinski definition) is 15. The van der Waals surface area contributed by atoms with Crippen molar-refractivity contribution in [2.45, 2.75) is 22.4 Å². The normalized spacial score (nSPS) is 20.7. The van der Waals surface area contributed by atoms with Crippen molar-refractivity contribution in [2.75, 3.05) is 7.11 Å². The molecular weight excluding hydrogens is 686 g/mol. The van der Waals surface area contributed by atoms with E-state index in [1.165, 1.54) is 38.4 Å². The summed E-state index contributed by atoms with van der Waals surface area (Å²) < 4.78 is 11.9. The lowest BCUT2D eigenvalue weighted by atomic mass is 9.91. The van der Waals surface area contributed by atoms with Crippen LogP contribution in [0.1, 0.15) is 27.8 Å². The van der Waals surface area contributed by atoms with E-state index in [4.69, 9.17) is 21.4 Å². The van der Waals surface area contributed by atoms with Crippen LogP contribution in [-0.2, 0) is 26.2 Å². The van der Waals surface area contributed by atoms with E-state index in [0.717, 1.165) is 45.1 Å². The number of ether oxygens (including phenoxy) is 1. The Balaban J connectivity index is 1.41. The number of amides is 3. The van der Waals surface area contributed by atoms with Crippen LogP contribution in [0.4, 0.5) is 0 Å². The first-order chi connectivity index (χ1) is 23.3. The number of aromatic nitrogens is 4. The molecular formula is C29H23N7O11S2. The monoisotopic (exact) mass is 709 g/mol. The van der Waals surface area contributed by atoms with Crippen molar-refractivity contribution >= 4 is 69.6 Å². The molecule has 0 saturated carbocycles. The predicted octanol–water partition coefficient (Wildman–Crippen LogP) is 0.143. The van der Waals surface area contributed by atoms with Gasteiger partial charge in [0, 0.05) is 25.6 Å². The molecule has 0 bridgehead atoms. The van der Waals surface area contributed by atoms with Gasteiger partial charge in [-0.2, -0.15) is 0 Å². The molecule has 2 aliphatic rings. The van der Waals surface area contributed by atoms with Crippen molar-refractivity contribution in [3.63, 3.8) is 0 Å². The highest BCUT2D eigenvalue weighted by Gasteiger charge is 2.66. The van der Waals surface area contributed by atoms with Crippen molar-refractivity contribution in [2.24, 2.45) is 7.05 Å². The first-order valence-electron chi connectivity index (χ1n) is 13.9. The highest BCUT2D eigenvalue weighted by atomic mass is 32.2. The number of tetrazole rings is 1. The molecule has 18 nitrogen and oxygen atoms in total. The highest BCUT2D eigenvalue weighted by Crippen LogP contribution is 2.51. The van der Waals surface area contributed by atoms with E-state index >= 15 is 0 Å². The number of carbonyl (C=O) groups excluding carboxylic acids is 3. The van der Waals surface area contributed by atoms with Gasteiger partial charge in [0.15, 0.2) is 17.3 Å². The van der Waals surface area contributed by atoms with Crippen LogP contribution >= 0.6 is 24.0 Å². The summed E-state index contributed by atoms with van der Waals surface area (Å²) in [4.78, 5) is 67.8. The van der Waals surface area contributed by atoms with Crippen LogP contribution in [0.25, 0.3) is 16.5 Å². The van der Waals surface area contributed by atoms with Crippen LogP contribution in [0.5, 0.6) is 17.2 Å². The van der Waals surface area contributed by atoms with Crippen molar-refractivity contribution in [3.05, 3.63) is 75.5 Å². The van der Waals surface area contributed by atoms with Crippen LogP contribution < -0.4 is 16.1 Å². The average Bonchev–Trinajstić information content (AvgIpc) is 3.50. The number of rotatable bonds is 9. The molecule has 20 heteroatoms. The SMILES string of the molecule is CO[C@@]1(C=S)C(=O)N2C(C(=O)O)=C(c3nnnn3C)C(NC(=O)C(NC(=O)c3coc4cc(O)c(O)cc4c3=O)c3ccc(O)cc3)S[C@H]21. The van der Waals surface area contributed by atoms with Gasteiger partial charge < -0.3 is 40.2 Å². The lowest BCUT2D eigenvalue weighted by Crippen LogP contribution is -2.76. The zero-order chi connectivity index (χ0) is 35.4. The number of thiocarbonyl (C=S) groups is 1. The molecule has 2 aliphatic heterocycles. The number of phenols is 3. The lowest BCUT2D eigenvalue weighted by molar-refractivity contribution is -0.169. The van der Waals surface area contributed by atoms with Gasteiger partial charge in [-0.05, 0) is 34.2 Å². The molecule has 1 fully saturated rings. The standard InChI is InChI=1S/C29H23N7O11S2/c1-35-22(32-33-34-35)18-20(26(43)44)36-27(45)29(10-48,46-2)28(36)49-25(18)31-24(42)19(11-3-5-12(37)6-4-11)30-23(41)14-9-47-17-8-16(39)15(38)7-13(17)21(14)40/h3-10,19,25,28,37-39H,1-2H3,(H,30,41)(H,31,42)(H,43,44)/t19?,25?,28-,29-/m0/s1. The number of carbonyl (C=O) groups is 4. The van der Waals surface area contributed by atoms with Crippen LogP contribution in [0.2, 0.25) is 0 Å². The molecule has 252 valence electrons. The summed E-state index contributed by atoms with van der Waals surface area (Å²) in [5, 5.41) is 54.7. The van der Waals surface area contributed by atoms with Crippen molar-refractivity contribution in [1.29, 1.82) is 0 Å². The Kier molecular flexibility index (Phi) is 8.30. The summed E-state index contributed by atoms with van der Waals surface area (Å²) >= 11 is 5.98. The van der Waals surface area contributed by atoms with Crippen LogP contribution in [0, 0.1) is 0 Å². The number of aryl methyl sites for hydroxylation is 1. The predicted molar refractivity (Wildman–Crippen MR) is 171 cm³/mol. The molecule has 4 aromatic rings. The van der Waals surface area contributed by atoms with E-state index in [1.54, 1.807) is 0 Å². The number of nitrogens with one attached hydrogen (secondary N) is 2. The number of thioether (sulfide) groups is 1. The van der Waals surface area contributed by atoms with Gasteiger partial charge in [0.25, 0.3) is 11.8 Å². The maximum absolute atomic E-state index is 14.2. The molecule has 6 rings (SSSR count). The van der Waals surface area contributed by atoms with Gasteiger partial charge in [-0.25, -0.2) is 9.48 Å². The zero-order valence-corrected chi connectivity index (χ0v) is 26.7. The van der Waals surface area contributed by atoms with Gasteiger partial charge in [0.2, 0.25) is 16.9 Å². The molecule has 4 heterocycles. The van der Waals surface area contributed by atoms with Crippen molar-refractivity contribution in [1.82, 2.24) is 35.7 Å². The molecule has 1 saturated heterocycles.